The number of nitrogens with zero attached hydrogens (tertiary/aromatic N) is 2. The van der Waals surface area contributed by atoms with Crippen molar-refractivity contribution in [1.29, 1.82) is 0 Å². The Morgan fingerprint density at radius 1 is 1.00 bits per heavy atom. The van der Waals surface area contributed by atoms with Crippen LogP contribution in [0.25, 0.3) is 22.5 Å². The summed E-state index contributed by atoms with van der Waals surface area (Å²) in [6, 6.07) is 7.88. The summed E-state index contributed by atoms with van der Waals surface area (Å²) < 4.78 is 13.3. The summed E-state index contributed by atoms with van der Waals surface area (Å²) in [4.78, 5) is 8.47. The molecule has 2 heterocycles. The molecule has 1 aromatic carbocycles. The van der Waals surface area contributed by atoms with Gasteiger partial charge in [0, 0.05) is 10.9 Å². The van der Waals surface area contributed by atoms with Crippen molar-refractivity contribution in [3.8, 4) is 22.5 Å². The summed E-state index contributed by atoms with van der Waals surface area (Å²) in [7, 11) is 0. The topological polar surface area (TPSA) is 25.8 Å². The summed E-state index contributed by atoms with van der Waals surface area (Å²) in [5, 5.41) is 4.23. The van der Waals surface area contributed by atoms with E-state index in [-0.39, 0.29) is 16.1 Å². The van der Waals surface area contributed by atoms with E-state index < -0.39 is 0 Å². The van der Waals surface area contributed by atoms with Gasteiger partial charge in [0.05, 0.1) is 5.56 Å². The fourth-order valence-corrected chi connectivity index (χ4v) is 3.05. The van der Waals surface area contributed by atoms with Crippen molar-refractivity contribution in [2.45, 2.75) is 0 Å². The molecule has 100 valence electrons. The number of hydrogen-bond donors (Lipinski definition) is 0. The van der Waals surface area contributed by atoms with Gasteiger partial charge in [-0.1, -0.05) is 35.3 Å². The maximum absolute atomic E-state index is 13.3. The Bertz CT molecular complexity index is 737. The van der Waals surface area contributed by atoms with Crippen molar-refractivity contribution >= 4 is 34.5 Å². The smallest absolute Gasteiger partial charge is 0.163 e. The second kappa shape index (κ2) is 5.48. The van der Waals surface area contributed by atoms with Gasteiger partial charge in [-0.15, -0.1) is 0 Å². The van der Waals surface area contributed by atoms with E-state index in [0.717, 1.165) is 5.56 Å². The molecule has 6 heteroatoms. The van der Waals surface area contributed by atoms with Gasteiger partial charge in [0.1, 0.15) is 16.1 Å². The molecule has 2 aromatic heterocycles. The van der Waals surface area contributed by atoms with Crippen LogP contribution in [0.3, 0.4) is 0 Å². The third-order valence-electron chi connectivity index (χ3n) is 2.71. The van der Waals surface area contributed by atoms with Gasteiger partial charge in [0.2, 0.25) is 0 Å². The number of thiophene rings is 1. The molecule has 20 heavy (non-hydrogen) atoms. The number of aromatic nitrogens is 2. The van der Waals surface area contributed by atoms with Crippen molar-refractivity contribution in [2.24, 2.45) is 0 Å². The van der Waals surface area contributed by atoms with Gasteiger partial charge in [-0.2, -0.15) is 11.3 Å². The highest BCUT2D eigenvalue weighted by atomic mass is 35.5. The van der Waals surface area contributed by atoms with Crippen molar-refractivity contribution < 1.29 is 4.39 Å². The molecular weight excluding hydrogens is 318 g/mol. The van der Waals surface area contributed by atoms with Crippen LogP contribution in [0.4, 0.5) is 4.39 Å². The average molecular weight is 325 g/mol. The molecule has 3 rings (SSSR count). The van der Waals surface area contributed by atoms with Gasteiger partial charge in [0.25, 0.3) is 0 Å². The summed E-state index contributed by atoms with van der Waals surface area (Å²) in [6.07, 6.45) is 0. The molecule has 0 aliphatic carbocycles. The zero-order valence-corrected chi connectivity index (χ0v) is 12.3. The lowest BCUT2D eigenvalue weighted by molar-refractivity contribution is 0.628. The van der Waals surface area contributed by atoms with E-state index in [2.05, 4.69) is 9.97 Å². The van der Waals surface area contributed by atoms with Gasteiger partial charge in [-0.05, 0) is 29.1 Å². The van der Waals surface area contributed by atoms with Crippen LogP contribution in [-0.2, 0) is 0 Å². The van der Waals surface area contributed by atoms with Gasteiger partial charge >= 0.3 is 0 Å². The maximum Gasteiger partial charge on any atom is 0.163 e. The fourth-order valence-electron chi connectivity index (χ4n) is 1.81. The third kappa shape index (κ3) is 2.54. The highest BCUT2D eigenvalue weighted by Gasteiger charge is 2.15. The first-order chi connectivity index (χ1) is 9.65. The largest absolute Gasteiger partial charge is 0.216 e. The molecule has 3 aromatic rings. The first-order valence-electron chi connectivity index (χ1n) is 5.66. The Hall–Kier alpha value is -1.49. The van der Waals surface area contributed by atoms with E-state index in [1.807, 2.05) is 16.8 Å². The van der Waals surface area contributed by atoms with Crippen molar-refractivity contribution in [3.63, 3.8) is 0 Å². The van der Waals surface area contributed by atoms with E-state index in [1.165, 1.54) is 23.5 Å². The normalized spacial score (nSPS) is 10.8. The van der Waals surface area contributed by atoms with Crippen LogP contribution >= 0.6 is 34.5 Å². The molecule has 0 aliphatic heterocycles. The summed E-state index contributed by atoms with van der Waals surface area (Å²) in [5.74, 6) is 0.0953. The van der Waals surface area contributed by atoms with Crippen LogP contribution < -0.4 is 0 Å². The van der Waals surface area contributed by atoms with Crippen LogP contribution in [0, 0.1) is 5.82 Å². The molecule has 0 aliphatic rings. The predicted molar refractivity (Wildman–Crippen MR) is 80.8 cm³/mol. The van der Waals surface area contributed by atoms with E-state index in [4.69, 9.17) is 23.2 Å². The van der Waals surface area contributed by atoms with Crippen LogP contribution in [0.2, 0.25) is 10.3 Å². The Morgan fingerprint density at radius 3 is 2.35 bits per heavy atom. The highest BCUT2D eigenvalue weighted by Crippen LogP contribution is 2.34. The molecule has 0 radical (unpaired) electrons. The quantitative estimate of drug-likeness (QED) is 0.596. The van der Waals surface area contributed by atoms with Gasteiger partial charge in [0.15, 0.2) is 5.82 Å². The van der Waals surface area contributed by atoms with E-state index >= 15 is 0 Å². The van der Waals surface area contributed by atoms with Crippen molar-refractivity contribution in [1.82, 2.24) is 9.97 Å². The molecule has 0 saturated heterocycles. The molecule has 0 amide bonds. The minimum absolute atomic E-state index is 0.205. The Kier molecular flexibility index (Phi) is 3.70. The second-order valence-corrected chi connectivity index (χ2v) is 5.52. The first kappa shape index (κ1) is 13.5. The molecular formula is C14H7Cl2FN2S. The number of rotatable bonds is 2. The SMILES string of the molecule is Fc1cccc(-c2c(Cl)nc(-c3ccsc3)nc2Cl)c1. The van der Waals surface area contributed by atoms with Gasteiger partial charge < -0.3 is 0 Å². The predicted octanol–water partition coefficient (Wildman–Crippen LogP) is 5.32. The van der Waals surface area contributed by atoms with Crippen LogP contribution in [0.5, 0.6) is 0 Å². The Balaban J connectivity index is 2.14. The molecule has 0 saturated carbocycles. The third-order valence-corrected chi connectivity index (χ3v) is 3.94. The summed E-state index contributed by atoms with van der Waals surface area (Å²) in [6.45, 7) is 0. The Morgan fingerprint density at radius 2 is 1.75 bits per heavy atom. The monoisotopic (exact) mass is 324 g/mol. The minimum atomic E-state index is -0.364. The van der Waals surface area contributed by atoms with Crippen LogP contribution in [0.15, 0.2) is 41.1 Å². The fraction of sp³-hybridized carbons (Fsp3) is 0. The molecule has 0 atom stereocenters. The lowest BCUT2D eigenvalue weighted by atomic mass is 10.1. The summed E-state index contributed by atoms with van der Waals surface area (Å²) in [5.41, 5.74) is 1.84. The maximum atomic E-state index is 13.3. The highest BCUT2D eigenvalue weighted by molar-refractivity contribution is 7.08. The molecule has 2 nitrogen and oxygen atoms in total. The lowest BCUT2D eigenvalue weighted by Gasteiger charge is -2.08. The van der Waals surface area contributed by atoms with Crippen molar-refractivity contribution in [3.05, 3.63) is 57.2 Å². The molecule has 0 fully saturated rings. The van der Waals surface area contributed by atoms with E-state index in [1.54, 1.807) is 12.1 Å². The number of halogens is 3. The van der Waals surface area contributed by atoms with E-state index in [9.17, 15) is 4.39 Å². The van der Waals surface area contributed by atoms with E-state index in [0.29, 0.717) is 17.0 Å². The van der Waals surface area contributed by atoms with Crippen molar-refractivity contribution in [2.75, 3.05) is 0 Å². The zero-order valence-electron chi connectivity index (χ0n) is 9.98. The van der Waals surface area contributed by atoms with Gasteiger partial charge in [-0.25, -0.2) is 14.4 Å². The first-order valence-corrected chi connectivity index (χ1v) is 7.36. The molecule has 0 spiro atoms. The number of hydrogen-bond acceptors (Lipinski definition) is 3. The van der Waals surface area contributed by atoms with Crippen LogP contribution in [0.1, 0.15) is 0 Å². The lowest BCUT2D eigenvalue weighted by Crippen LogP contribution is -1.94. The Labute approximate surface area is 128 Å². The zero-order chi connectivity index (χ0) is 14.1. The minimum Gasteiger partial charge on any atom is -0.216 e. The molecule has 0 unspecified atom stereocenters. The molecule has 0 N–H and O–H groups in total. The summed E-state index contributed by atoms with van der Waals surface area (Å²) >= 11 is 13.9. The van der Waals surface area contributed by atoms with Crippen LogP contribution in [-0.4, -0.2) is 9.97 Å². The standard InChI is InChI=1S/C14H7Cl2FN2S/c15-12-11(8-2-1-3-10(17)6-8)13(16)19-14(18-12)9-4-5-20-7-9/h1-7H. The number of benzene rings is 1. The average Bonchev–Trinajstić information content (AvgIpc) is 2.91. The van der Waals surface area contributed by atoms with Gasteiger partial charge in [-0.3, -0.25) is 0 Å². The molecule has 0 bridgehead atoms. The second-order valence-electron chi connectivity index (χ2n) is 4.03.